The van der Waals surface area contributed by atoms with Gasteiger partial charge < -0.3 is 10.2 Å². The molecule has 0 amide bonds. The molecule has 0 bridgehead atoms. The number of benzene rings is 1. The van der Waals surface area contributed by atoms with E-state index in [1.54, 1.807) is 6.07 Å². The fourth-order valence-corrected chi connectivity index (χ4v) is 5.72. The Morgan fingerprint density at radius 2 is 1.96 bits per heavy atom. The summed E-state index contributed by atoms with van der Waals surface area (Å²) in [5.41, 5.74) is 1.07. The molecule has 6 heteroatoms. The lowest BCUT2D eigenvalue weighted by molar-refractivity contribution is 0.371. The van der Waals surface area contributed by atoms with E-state index in [0.717, 1.165) is 24.9 Å². The van der Waals surface area contributed by atoms with E-state index in [4.69, 9.17) is 23.2 Å². The molecule has 0 spiro atoms. The van der Waals surface area contributed by atoms with Gasteiger partial charge in [0.15, 0.2) is 0 Å². The third-order valence-corrected chi connectivity index (χ3v) is 7.69. The lowest BCUT2D eigenvalue weighted by Gasteiger charge is -2.24. The molecule has 2 unspecified atom stereocenters. The summed E-state index contributed by atoms with van der Waals surface area (Å²) in [6, 6.07) is 5.74. The second kappa shape index (κ2) is 9.59. The lowest BCUT2D eigenvalue weighted by atomic mass is 9.91. The Hall–Kier alpha value is -0.0500. The third kappa shape index (κ3) is 6.69. The summed E-state index contributed by atoms with van der Waals surface area (Å²) in [4.78, 5) is 10.2. The first-order valence-corrected chi connectivity index (χ1v) is 11.7. The van der Waals surface area contributed by atoms with Crippen LogP contribution in [0.5, 0.6) is 0 Å². The van der Waals surface area contributed by atoms with Crippen LogP contribution in [-0.2, 0) is 4.57 Å². The van der Waals surface area contributed by atoms with Crippen LogP contribution >= 0.6 is 30.6 Å². The van der Waals surface area contributed by atoms with Gasteiger partial charge in [0.05, 0.1) is 10.0 Å². The first kappa shape index (κ1) is 20.3. The SMILES string of the molecule is CC(NCCCP(=O)(O)CC1CCCCC1)c1ccc(Cl)c(Cl)c1. The predicted molar refractivity (Wildman–Crippen MR) is 104 cm³/mol. The quantitative estimate of drug-likeness (QED) is 0.429. The van der Waals surface area contributed by atoms with Crippen molar-refractivity contribution < 1.29 is 9.46 Å². The van der Waals surface area contributed by atoms with Crippen LogP contribution in [0.25, 0.3) is 0 Å². The summed E-state index contributed by atoms with van der Waals surface area (Å²) >= 11 is 12.0. The smallest absolute Gasteiger partial charge is 0.200 e. The Balaban J connectivity index is 1.71. The zero-order chi connectivity index (χ0) is 17.6. The Bertz CT molecular complexity index is 576. The van der Waals surface area contributed by atoms with Crippen molar-refractivity contribution >= 4 is 30.6 Å². The van der Waals surface area contributed by atoms with Crippen LogP contribution in [0.2, 0.25) is 10.0 Å². The maximum atomic E-state index is 12.4. The first-order valence-electron chi connectivity index (χ1n) is 8.86. The van der Waals surface area contributed by atoms with E-state index in [1.807, 2.05) is 12.1 Å². The van der Waals surface area contributed by atoms with Gasteiger partial charge in [-0.25, -0.2) is 0 Å². The summed E-state index contributed by atoms with van der Waals surface area (Å²) in [6.07, 6.45) is 7.59. The third-order valence-electron chi connectivity index (χ3n) is 4.85. The second-order valence-electron chi connectivity index (χ2n) is 6.96. The largest absolute Gasteiger partial charge is 0.344 e. The maximum Gasteiger partial charge on any atom is 0.200 e. The van der Waals surface area contributed by atoms with Gasteiger partial charge in [0, 0.05) is 18.4 Å². The molecular weight excluding hydrogens is 364 g/mol. The van der Waals surface area contributed by atoms with Crippen LogP contribution < -0.4 is 5.32 Å². The first-order chi connectivity index (χ1) is 11.4. The topological polar surface area (TPSA) is 49.3 Å². The molecular formula is C18H28Cl2NO2P. The van der Waals surface area contributed by atoms with Gasteiger partial charge in [-0.05, 0) is 56.3 Å². The maximum absolute atomic E-state index is 12.4. The Kier molecular flexibility index (Phi) is 8.10. The molecule has 0 heterocycles. The van der Waals surface area contributed by atoms with E-state index < -0.39 is 7.37 Å². The van der Waals surface area contributed by atoms with Crippen LogP contribution in [0.3, 0.4) is 0 Å². The van der Waals surface area contributed by atoms with E-state index in [1.165, 1.54) is 19.3 Å². The summed E-state index contributed by atoms with van der Waals surface area (Å²) < 4.78 is 12.4. The van der Waals surface area contributed by atoms with Gasteiger partial charge in [0.1, 0.15) is 0 Å². The molecule has 0 aromatic heterocycles. The summed E-state index contributed by atoms with van der Waals surface area (Å²) in [6.45, 7) is 2.77. The van der Waals surface area contributed by atoms with Crippen molar-refractivity contribution in [3.05, 3.63) is 33.8 Å². The summed E-state index contributed by atoms with van der Waals surface area (Å²) in [5.74, 6) is 0.456. The molecule has 1 aliphatic carbocycles. The Labute approximate surface area is 155 Å². The van der Waals surface area contributed by atoms with Crippen molar-refractivity contribution in [1.29, 1.82) is 0 Å². The molecule has 3 nitrogen and oxygen atoms in total. The second-order valence-corrected chi connectivity index (χ2v) is 10.3. The molecule has 1 aromatic rings. The predicted octanol–water partition coefficient (Wildman–Crippen LogP) is 5.88. The highest BCUT2D eigenvalue weighted by Gasteiger charge is 2.25. The molecule has 24 heavy (non-hydrogen) atoms. The zero-order valence-corrected chi connectivity index (χ0v) is 16.7. The van der Waals surface area contributed by atoms with Crippen LogP contribution in [-0.4, -0.2) is 23.8 Å². The van der Waals surface area contributed by atoms with E-state index >= 15 is 0 Å². The van der Waals surface area contributed by atoms with Gasteiger partial charge >= 0.3 is 0 Å². The molecule has 136 valence electrons. The van der Waals surface area contributed by atoms with Crippen LogP contribution in [0, 0.1) is 5.92 Å². The monoisotopic (exact) mass is 391 g/mol. The van der Waals surface area contributed by atoms with Gasteiger partial charge in [-0.2, -0.15) is 0 Å². The summed E-state index contributed by atoms with van der Waals surface area (Å²) in [5, 5.41) is 4.49. The summed E-state index contributed by atoms with van der Waals surface area (Å²) in [7, 11) is -2.99. The molecule has 0 aliphatic heterocycles. The van der Waals surface area contributed by atoms with Gasteiger partial charge in [0.2, 0.25) is 7.37 Å². The van der Waals surface area contributed by atoms with Crippen molar-refractivity contribution in [1.82, 2.24) is 5.32 Å². The normalized spacial score (nSPS) is 19.8. The minimum absolute atomic E-state index is 0.135. The number of hydrogen-bond acceptors (Lipinski definition) is 2. The Morgan fingerprint density at radius 1 is 1.25 bits per heavy atom. The standard InChI is InChI=1S/C18H28Cl2NO2P/c1-14(16-8-9-17(19)18(20)12-16)21-10-5-11-24(22,23)13-15-6-3-2-4-7-15/h8-9,12,14-15,21H,2-7,10-11,13H2,1H3,(H,22,23). The minimum Gasteiger partial charge on any atom is -0.344 e. The fourth-order valence-electron chi connectivity index (χ4n) is 3.41. The molecule has 0 radical (unpaired) electrons. The molecule has 2 rings (SSSR count). The van der Waals surface area contributed by atoms with Crippen LogP contribution in [0.15, 0.2) is 18.2 Å². The van der Waals surface area contributed by atoms with Crippen molar-refractivity contribution in [2.45, 2.75) is 51.5 Å². The van der Waals surface area contributed by atoms with E-state index in [2.05, 4.69) is 12.2 Å². The van der Waals surface area contributed by atoms with Crippen LogP contribution in [0.1, 0.15) is 57.1 Å². The van der Waals surface area contributed by atoms with Crippen molar-refractivity contribution in [2.24, 2.45) is 5.92 Å². The Morgan fingerprint density at radius 3 is 2.62 bits per heavy atom. The number of nitrogens with one attached hydrogen (secondary N) is 1. The van der Waals surface area contributed by atoms with E-state index in [-0.39, 0.29) is 6.04 Å². The highest BCUT2D eigenvalue weighted by atomic mass is 35.5. The molecule has 1 aliphatic rings. The highest BCUT2D eigenvalue weighted by Crippen LogP contribution is 2.45. The van der Waals surface area contributed by atoms with E-state index in [0.29, 0.717) is 34.7 Å². The van der Waals surface area contributed by atoms with Gasteiger partial charge in [-0.15, -0.1) is 0 Å². The van der Waals surface area contributed by atoms with Gasteiger partial charge in [-0.1, -0.05) is 48.5 Å². The van der Waals surface area contributed by atoms with E-state index in [9.17, 15) is 9.46 Å². The number of rotatable bonds is 8. The molecule has 1 saturated carbocycles. The molecule has 0 saturated heterocycles. The molecule has 1 aromatic carbocycles. The molecule has 1 fully saturated rings. The van der Waals surface area contributed by atoms with Crippen molar-refractivity contribution in [3.8, 4) is 0 Å². The van der Waals surface area contributed by atoms with Gasteiger partial charge in [-0.3, -0.25) is 4.57 Å². The van der Waals surface area contributed by atoms with Gasteiger partial charge in [0.25, 0.3) is 0 Å². The fraction of sp³-hybridized carbons (Fsp3) is 0.667. The number of hydrogen-bond donors (Lipinski definition) is 2. The molecule has 2 atom stereocenters. The molecule has 2 N–H and O–H groups in total. The lowest BCUT2D eigenvalue weighted by Crippen LogP contribution is -2.21. The van der Waals surface area contributed by atoms with Crippen molar-refractivity contribution in [3.63, 3.8) is 0 Å². The highest BCUT2D eigenvalue weighted by molar-refractivity contribution is 7.57. The van der Waals surface area contributed by atoms with Crippen LogP contribution in [0.4, 0.5) is 0 Å². The minimum atomic E-state index is -2.99. The zero-order valence-electron chi connectivity index (χ0n) is 14.3. The van der Waals surface area contributed by atoms with Crippen molar-refractivity contribution in [2.75, 3.05) is 18.9 Å². The average Bonchev–Trinajstić information content (AvgIpc) is 2.54. The number of halogens is 2. The average molecular weight is 392 g/mol.